The molecule has 1 aliphatic carbocycles. The molecule has 2 nitrogen and oxygen atoms in total. The fourth-order valence-electron chi connectivity index (χ4n) is 1.53. The van der Waals surface area contributed by atoms with E-state index in [9.17, 15) is 0 Å². The number of hydrogen-bond donors (Lipinski definition) is 1. The zero-order valence-corrected chi connectivity index (χ0v) is 7.39. The molecule has 10 heavy (non-hydrogen) atoms. The molecule has 0 unspecified atom stereocenters. The lowest BCUT2D eigenvalue weighted by molar-refractivity contribution is 0.359. The molecule has 60 valence electrons. The molecular weight excluding hydrogens is 124 g/mol. The van der Waals surface area contributed by atoms with Crippen molar-refractivity contribution < 1.29 is 0 Å². The molecule has 1 aliphatic rings. The van der Waals surface area contributed by atoms with Gasteiger partial charge in [-0.2, -0.15) is 0 Å². The molecule has 0 saturated heterocycles. The normalized spacial score (nSPS) is 36.6. The largest absolute Gasteiger partial charge is 0.327 e. The first-order chi connectivity index (χ1) is 4.46. The van der Waals surface area contributed by atoms with E-state index in [0.717, 1.165) is 6.54 Å². The van der Waals surface area contributed by atoms with Gasteiger partial charge >= 0.3 is 0 Å². The van der Waals surface area contributed by atoms with Crippen molar-refractivity contribution in [1.29, 1.82) is 0 Å². The van der Waals surface area contributed by atoms with Gasteiger partial charge < -0.3 is 10.6 Å². The van der Waals surface area contributed by atoms with Crippen molar-refractivity contribution in [2.45, 2.75) is 19.9 Å². The molecule has 0 aromatic heterocycles. The number of rotatable bonds is 2. The molecule has 0 aliphatic heterocycles. The fraction of sp³-hybridized carbons (Fsp3) is 1.00. The van der Waals surface area contributed by atoms with E-state index >= 15 is 0 Å². The summed E-state index contributed by atoms with van der Waals surface area (Å²) < 4.78 is 0. The molecule has 0 aromatic carbocycles. The average Bonchev–Trinajstić information content (AvgIpc) is 2.17. The minimum absolute atomic E-state index is 0.393. The number of nitrogens with zero attached hydrogens (tertiary/aromatic N) is 1. The smallest absolute Gasteiger partial charge is 0.0140 e. The van der Waals surface area contributed by atoms with Crippen LogP contribution >= 0.6 is 0 Å². The Balaban J connectivity index is 2.35. The quantitative estimate of drug-likeness (QED) is 0.609. The van der Waals surface area contributed by atoms with Gasteiger partial charge in [0.1, 0.15) is 0 Å². The lowest BCUT2D eigenvalue weighted by Gasteiger charge is -2.09. The van der Waals surface area contributed by atoms with Gasteiger partial charge in [-0.3, -0.25) is 0 Å². The molecule has 1 rings (SSSR count). The minimum Gasteiger partial charge on any atom is -0.327 e. The zero-order chi connectivity index (χ0) is 7.94. The second kappa shape index (κ2) is 2.21. The van der Waals surface area contributed by atoms with Gasteiger partial charge in [-0.05, 0) is 25.4 Å². The van der Waals surface area contributed by atoms with Crippen molar-refractivity contribution >= 4 is 0 Å². The van der Waals surface area contributed by atoms with Crippen molar-refractivity contribution in [2.75, 3.05) is 20.6 Å². The van der Waals surface area contributed by atoms with Gasteiger partial charge in [-0.25, -0.2) is 0 Å². The van der Waals surface area contributed by atoms with Crippen molar-refractivity contribution in [3.63, 3.8) is 0 Å². The van der Waals surface area contributed by atoms with Gasteiger partial charge in [-0.15, -0.1) is 0 Å². The summed E-state index contributed by atoms with van der Waals surface area (Å²) in [5.74, 6) is 0.711. The van der Waals surface area contributed by atoms with Crippen molar-refractivity contribution in [1.82, 2.24) is 4.90 Å². The number of nitrogens with two attached hydrogens (primary N) is 1. The summed E-state index contributed by atoms with van der Waals surface area (Å²) in [4.78, 5) is 2.21. The highest BCUT2D eigenvalue weighted by molar-refractivity contribution is 5.09. The highest BCUT2D eigenvalue weighted by atomic mass is 15.1. The Bertz CT molecular complexity index is 129. The highest BCUT2D eigenvalue weighted by Gasteiger charge is 2.55. The first-order valence-corrected chi connectivity index (χ1v) is 3.86. The predicted octanol–water partition coefficient (Wildman–Crippen LogP) is 0.531. The molecule has 0 amide bonds. The second-order valence-electron chi connectivity index (χ2n) is 4.22. The third-order valence-corrected chi connectivity index (χ3v) is 2.70. The van der Waals surface area contributed by atoms with Gasteiger partial charge in [0.05, 0.1) is 0 Å². The number of hydrogen-bond acceptors (Lipinski definition) is 2. The van der Waals surface area contributed by atoms with Crippen molar-refractivity contribution in [3.05, 3.63) is 0 Å². The van der Waals surface area contributed by atoms with Gasteiger partial charge in [0.25, 0.3) is 0 Å². The lowest BCUT2D eigenvalue weighted by Crippen LogP contribution is -2.18. The predicted molar refractivity (Wildman–Crippen MR) is 43.8 cm³/mol. The van der Waals surface area contributed by atoms with Crippen LogP contribution in [0.15, 0.2) is 0 Å². The van der Waals surface area contributed by atoms with Crippen molar-refractivity contribution in [3.8, 4) is 0 Å². The van der Waals surface area contributed by atoms with Crippen LogP contribution in [0.2, 0.25) is 0 Å². The summed E-state index contributed by atoms with van der Waals surface area (Å²) in [7, 11) is 4.20. The van der Waals surface area contributed by atoms with Crippen LogP contribution in [0, 0.1) is 11.3 Å². The van der Waals surface area contributed by atoms with Crippen LogP contribution in [0.1, 0.15) is 13.8 Å². The van der Waals surface area contributed by atoms with Crippen LogP contribution in [-0.4, -0.2) is 31.6 Å². The van der Waals surface area contributed by atoms with Crippen LogP contribution in [0.3, 0.4) is 0 Å². The Labute approximate surface area is 63.4 Å². The van der Waals surface area contributed by atoms with Crippen molar-refractivity contribution in [2.24, 2.45) is 17.1 Å². The van der Waals surface area contributed by atoms with E-state index in [0.29, 0.717) is 17.4 Å². The monoisotopic (exact) mass is 142 g/mol. The molecular formula is C8H18N2. The van der Waals surface area contributed by atoms with E-state index in [4.69, 9.17) is 5.73 Å². The maximum atomic E-state index is 5.87. The molecule has 1 saturated carbocycles. The van der Waals surface area contributed by atoms with Crippen LogP contribution in [0.4, 0.5) is 0 Å². The van der Waals surface area contributed by atoms with Crippen LogP contribution in [0.25, 0.3) is 0 Å². The Kier molecular flexibility index (Phi) is 1.77. The third kappa shape index (κ3) is 1.18. The molecule has 0 radical (unpaired) electrons. The summed E-state index contributed by atoms with van der Waals surface area (Å²) in [6.45, 7) is 5.62. The summed E-state index contributed by atoms with van der Waals surface area (Å²) in [5, 5.41) is 0. The molecule has 1 fully saturated rings. The average molecular weight is 142 g/mol. The van der Waals surface area contributed by atoms with Gasteiger partial charge in [0.15, 0.2) is 0 Å². The molecule has 0 aromatic rings. The van der Waals surface area contributed by atoms with Gasteiger partial charge in [-0.1, -0.05) is 13.8 Å². The Morgan fingerprint density at radius 2 is 1.80 bits per heavy atom. The highest BCUT2D eigenvalue weighted by Crippen LogP contribution is 2.50. The molecule has 0 bridgehead atoms. The minimum atomic E-state index is 0.393. The zero-order valence-electron chi connectivity index (χ0n) is 7.39. The summed E-state index contributed by atoms with van der Waals surface area (Å²) in [6, 6.07) is 0.426. The topological polar surface area (TPSA) is 29.3 Å². The van der Waals surface area contributed by atoms with Crippen LogP contribution in [0.5, 0.6) is 0 Å². The van der Waals surface area contributed by atoms with Gasteiger partial charge in [0, 0.05) is 12.6 Å². The van der Waals surface area contributed by atoms with E-state index < -0.39 is 0 Å². The molecule has 2 N–H and O–H groups in total. The molecule has 2 heteroatoms. The fourth-order valence-corrected chi connectivity index (χ4v) is 1.53. The summed E-state index contributed by atoms with van der Waals surface area (Å²) in [5.41, 5.74) is 6.26. The Hall–Kier alpha value is -0.0800. The first kappa shape index (κ1) is 8.02. The third-order valence-electron chi connectivity index (χ3n) is 2.70. The molecule has 2 atom stereocenters. The molecule has 0 spiro atoms. The first-order valence-electron chi connectivity index (χ1n) is 3.86. The second-order valence-corrected chi connectivity index (χ2v) is 4.22. The Morgan fingerprint density at radius 1 is 1.40 bits per heavy atom. The van der Waals surface area contributed by atoms with E-state index in [1.165, 1.54) is 0 Å². The maximum absolute atomic E-state index is 5.87. The van der Waals surface area contributed by atoms with E-state index in [-0.39, 0.29) is 0 Å². The maximum Gasteiger partial charge on any atom is 0.0140 e. The molecule has 0 heterocycles. The standard InChI is InChI=1S/C8H18N2/c1-8(2)6(7(8)9)5-10(3)4/h6-7H,5,9H2,1-4H3/t6-,7-/m0/s1. The van der Waals surface area contributed by atoms with E-state index in [1.54, 1.807) is 0 Å². The lowest BCUT2D eigenvalue weighted by atomic mass is 10.1. The summed E-state index contributed by atoms with van der Waals surface area (Å²) >= 11 is 0. The summed E-state index contributed by atoms with van der Waals surface area (Å²) in [6.07, 6.45) is 0. The van der Waals surface area contributed by atoms with Crippen LogP contribution < -0.4 is 5.73 Å². The van der Waals surface area contributed by atoms with Gasteiger partial charge in [0.2, 0.25) is 0 Å². The Morgan fingerprint density at radius 3 is 1.90 bits per heavy atom. The van der Waals surface area contributed by atoms with E-state index in [1.807, 2.05) is 0 Å². The SMILES string of the molecule is CN(C)C[C@H]1[C@H](N)C1(C)C. The van der Waals surface area contributed by atoms with Crippen LogP contribution in [-0.2, 0) is 0 Å². The van der Waals surface area contributed by atoms with E-state index in [2.05, 4.69) is 32.8 Å².